The highest BCUT2D eigenvalue weighted by atomic mass is 79.9. The highest BCUT2D eigenvalue weighted by molar-refractivity contribution is 9.10. The van der Waals surface area contributed by atoms with Crippen molar-refractivity contribution in [2.24, 2.45) is 0 Å². The monoisotopic (exact) mass is 258 g/mol. The van der Waals surface area contributed by atoms with Gasteiger partial charge in [0.2, 0.25) is 0 Å². The van der Waals surface area contributed by atoms with E-state index in [0.717, 1.165) is 27.8 Å². The van der Waals surface area contributed by atoms with E-state index in [1.807, 2.05) is 0 Å². The van der Waals surface area contributed by atoms with Crippen molar-refractivity contribution in [1.29, 1.82) is 0 Å². The van der Waals surface area contributed by atoms with Gasteiger partial charge in [0.1, 0.15) is 0 Å². The Kier molecular flexibility index (Phi) is 2.65. The number of aliphatic hydroxyl groups excluding tert-OH is 1. The summed E-state index contributed by atoms with van der Waals surface area (Å²) in [5.74, 6) is 1.50. The minimum Gasteiger partial charge on any atom is -0.493 e. The Labute approximate surface area is 90.8 Å². The summed E-state index contributed by atoms with van der Waals surface area (Å²) in [6.07, 6.45) is 0.861. The summed E-state index contributed by atoms with van der Waals surface area (Å²) in [6.45, 7) is 0.684. The molecule has 3 nitrogen and oxygen atoms in total. The highest BCUT2D eigenvalue weighted by Gasteiger charge is 2.22. The quantitative estimate of drug-likeness (QED) is 0.881. The Hall–Kier alpha value is -0.740. The van der Waals surface area contributed by atoms with Crippen LogP contribution in [0.3, 0.4) is 0 Å². The van der Waals surface area contributed by atoms with Crippen molar-refractivity contribution in [1.82, 2.24) is 0 Å². The van der Waals surface area contributed by atoms with E-state index in [-0.39, 0.29) is 6.61 Å². The molecule has 0 amide bonds. The van der Waals surface area contributed by atoms with Crippen molar-refractivity contribution >= 4 is 15.9 Å². The van der Waals surface area contributed by atoms with Crippen LogP contribution >= 0.6 is 15.9 Å². The molecule has 1 aliphatic rings. The van der Waals surface area contributed by atoms with Crippen LogP contribution in [0.25, 0.3) is 0 Å². The number of fused-ring (bicyclic) bond motifs is 1. The molecule has 76 valence electrons. The fourth-order valence-electron chi connectivity index (χ4n) is 1.63. The van der Waals surface area contributed by atoms with E-state index < -0.39 is 0 Å². The number of methoxy groups -OCH3 is 1. The maximum atomic E-state index is 9.14. The fourth-order valence-corrected chi connectivity index (χ4v) is 2.25. The van der Waals surface area contributed by atoms with Crippen molar-refractivity contribution in [2.75, 3.05) is 13.7 Å². The molecule has 0 aliphatic carbocycles. The van der Waals surface area contributed by atoms with Gasteiger partial charge in [-0.25, -0.2) is 0 Å². The zero-order valence-corrected chi connectivity index (χ0v) is 9.43. The summed E-state index contributed by atoms with van der Waals surface area (Å²) < 4.78 is 11.6. The predicted octanol–water partition coefficient (Wildman–Crippen LogP) is 1.88. The highest BCUT2D eigenvalue weighted by Crippen LogP contribution is 2.42. The van der Waals surface area contributed by atoms with Crippen LogP contribution < -0.4 is 9.47 Å². The second kappa shape index (κ2) is 3.79. The van der Waals surface area contributed by atoms with Gasteiger partial charge in [0.05, 0.1) is 20.3 Å². The first-order valence-corrected chi connectivity index (χ1v) is 5.19. The smallest absolute Gasteiger partial charge is 0.165 e. The molecule has 0 aromatic heterocycles. The van der Waals surface area contributed by atoms with Gasteiger partial charge in [-0.05, 0) is 27.6 Å². The lowest BCUT2D eigenvalue weighted by molar-refractivity contribution is 0.279. The molecule has 1 N–H and O–H groups in total. The number of hydrogen-bond acceptors (Lipinski definition) is 3. The van der Waals surface area contributed by atoms with Gasteiger partial charge in [-0.15, -0.1) is 0 Å². The largest absolute Gasteiger partial charge is 0.493 e. The molecule has 1 aromatic rings. The molecule has 0 spiro atoms. The third kappa shape index (κ3) is 1.38. The van der Waals surface area contributed by atoms with Crippen molar-refractivity contribution in [3.8, 4) is 11.5 Å². The van der Waals surface area contributed by atoms with Crippen LogP contribution in [0, 0.1) is 0 Å². The third-order valence-corrected chi connectivity index (χ3v) is 3.33. The lowest BCUT2D eigenvalue weighted by atomic mass is 10.1. The molecular formula is C10H11BrO3. The minimum absolute atomic E-state index is 0.00419. The molecule has 0 saturated heterocycles. The van der Waals surface area contributed by atoms with E-state index in [0.29, 0.717) is 12.4 Å². The van der Waals surface area contributed by atoms with Gasteiger partial charge in [-0.2, -0.15) is 0 Å². The summed E-state index contributed by atoms with van der Waals surface area (Å²) in [5.41, 5.74) is 1.93. The summed E-state index contributed by atoms with van der Waals surface area (Å²) >= 11 is 3.46. The van der Waals surface area contributed by atoms with Gasteiger partial charge in [0.25, 0.3) is 0 Å². The Morgan fingerprint density at radius 1 is 1.64 bits per heavy atom. The molecule has 14 heavy (non-hydrogen) atoms. The van der Waals surface area contributed by atoms with Gasteiger partial charge in [-0.3, -0.25) is 0 Å². The van der Waals surface area contributed by atoms with Crippen molar-refractivity contribution in [3.63, 3.8) is 0 Å². The van der Waals surface area contributed by atoms with Crippen molar-refractivity contribution < 1.29 is 14.6 Å². The number of benzene rings is 1. The summed E-state index contributed by atoms with van der Waals surface area (Å²) in [5, 5.41) is 9.14. The maximum Gasteiger partial charge on any atom is 0.165 e. The summed E-state index contributed by atoms with van der Waals surface area (Å²) in [6, 6.07) is 1.80. The number of aliphatic hydroxyl groups is 1. The average molecular weight is 259 g/mol. The maximum absolute atomic E-state index is 9.14. The van der Waals surface area contributed by atoms with E-state index >= 15 is 0 Å². The molecule has 4 heteroatoms. The van der Waals surface area contributed by atoms with Crippen LogP contribution in [0.5, 0.6) is 11.5 Å². The first-order chi connectivity index (χ1) is 6.77. The Morgan fingerprint density at radius 3 is 3.07 bits per heavy atom. The van der Waals surface area contributed by atoms with Gasteiger partial charge in [-0.1, -0.05) is 0 Å². The zero-order chi connectivity index (χ0) is 10.1. The average Bonchev–Trinajstić information content (AvgIpc) is 2.68. The van der Waals surface area contributed by atoms with E-state index in [9.17, 15) is 0 Å². The molecule has 0 saturated carbocycles. The second-order valence-electron chi connectivity index (χ2n) is 3.12. The topological polar surface area (TPSA) is 38.7 Å². The molecule has 1 aromatic carbocycles. The SMILES string of the molecule is COc1cc(CO)c(Br)c2c1OCC2. The molecule has 1 aliphatic heterocycles. The predicted molar refractivity (Wildman–Crippen MR) is 55.8 cm³/mol. The van der Waals surface area contributed by atoms with E-state index in [4.69, 9.17) is 14.6 Å². The van der Waals surface area contributed by atoms with Crippen LogP contribution in [-0.4, -0.2) is 18.8 Å². The lowest BCUT2D eigenvalue weighted by Crippen LogP contribution is -1.94. The number of rotatable bonds is 2. The standard InChI is InChI=1S/C10H11BrO3/c1-13-8-4-6(5-12)9(11)7-2-3-14-10(7)8/h4,12H,2-3,5H2,1H3. The molecule has 1 heterocycles. The van der Waals surface area contributed by atoms with Gasteiger partial charge in [0, 0.05) is 16.5 Å². The first kappa shape index (κ1) is 9.80. The lowest BCUT2D eigenvalue weighted by Gasteiger charge is -2.11. The third-order valence-electron chi connectivity index (χ3n) is 2.34. The van der Waals surface area contributed by atoms with Gasteiger partial charge in [0.15, 0.2) is 11.5 Å². The number of ether oxygens (including phenoxy) is 2. The normalized spacial score (nSPS) is 13.6. The van der Waals surface area contributed by atoms with Gasteiger partial charge >= 0.3 is 0 Å². The Morgan fingerprint density at radius 2 is 2.43 bits per heavy atom. The van der Waals surface area contributed by atoms with Crippen LogP contribution in [0.2, 0.25) is 0 Å². The summed E-state index contributed by atoms with van der Waals surface area (Å²) in [4.78, 5) is 0. The number of halogens is 1. The molecule has 0 unspecified atom stereocenters. The van der Waals surface area contributed by atoms with Crippen molar-refractivity contribution in [3.05, 3.63) is 21.7 Å². The van der Waals surface area contributed by atoms with Crippen LogP contribution in [0.1, 0.15) is 11.1 Å². The summed E-state index contributed by atoms with van der Waals surface area (Å²) in [7, 11) is 1.60. The van der Waals surface area contributed by atoms with Crippen molar-refractivity contribution in [2.45, 2.75) is 13.0 Å². The van der Waals surface area contributed by atoms with Gasteiger partial charge < -0.3 is 14.6 Å². The minimum atomic E-state index is 0.00419. The van der Waals surface area contributed by atoms with E-state index in [2.05, 4.69) is 15.9 Å². The molecule has 0 atom stereocenters. The van der Waals surface area contributed by atoms with Crippen LogP contribution in [0.15, 0.2) is 10.5 Å². The Balaban J connectivity index is 2.60. The molecule has 0 fully saturated rings. The van der Waals surface area contributed by atoms with Crippen LogP contribution in [0.4, 0.5) is 0 Å². The fraction of sp³-hybridized carbons (Fsp3) is 0.400. The molecule has 0 radical (unpaired) electrons. The molecular weight excluding hydrogens is 248 g/mol. The number of hydrogen-bond donors (Lipinski definition) is 1. The van der Waals surface area contributed by atoms with Crippen LogP contribution in [-0.2, 0) is 13.0 Å². The zero-order valence-electron chi connectivity index (χ0n) is 7.84. The Bertz CT molecular complexity index is 363. The first-order valence-electron chi connectivity index (χ1n) is 4.39. The van der Waals surface area contributed by atoms with E-state index in [1.165, 1.54) is 0 Å². The molecule has 2 rings (SSSR count). The van der Waals surface area contributed by atoms with E-state index in [1.54, 1.807) is 13.2 Å². The molecule has 0 bridgehead atoms. The second-order valence-corrected chi connectivity index (χ2v) is 3.91.